The molecule has 1 saturated carbocycles. The largest absolute Gasteiger partial charge is 0.317 e. The van der Waals surface area contributed by atoms with Crippen molar-refractivity contribution < 1.29 is 0 Å². The van der Waals surface area contributed by atoms with Crippen molar-refractivity contribution in [3.63, 3.8) is 0 Å². The molecule has 0 aromatic rings. The van der Waals surface area contributed by atoms with Crippen LogP contribution in [-0.4, -0.2) is 25.2 Å². The first-order valence-electron chi connectivity index (χ1n) is 6.85. The Morgan fingerprint density at radius 3 is 2.80 bits per heavy atom. The predicted octanol–water partition coefficient (Wildman–Crippen LogP) is 2.30. The SMILES string of the molecule is CCC(CC1CC1)NC1CCCNCC1. The highest BCUT2D eigenvalue weighted by molar-refractivity contribution is 4.83. The van der Waals surface area contributed by atoms with E-state index < -0.39 is 0 Å². The summed E-state index contributed by atoms with van der Waals surface area (Å²) >= 11 is 0. The molecule has 2 fully saturated rings. The Labute approximate surface area is 94.2 Å². The minimum Gasteiger partial charge on any atom is -0.317 e. The molecule has 0 aromatic heterocycles. The Kier molecular flexibility index (Phi) is 4.45. The lowest BCUT2D eigenvalue weighted by Crippen LogP contribution is -2.38. The van der Waals surface area contributed by atoms with Crippen molar-refractivity contribution in [3.8, 4) is 0 Å². The second-order valence-corrected chi connectivity index (χ2v) is 5.33. The molecule has 15 heavy (non-hydrogen) atoms. The fraction of sp³-hybridized carbons (Fsp3) is 1.00. The van der Waals surface area contributed by atoms with Crippen LogP contribution >= 0.6 is 0 Å². The second-order valence-electron chi connectivity index (χ2n) is 5.33. The molecule has 2 nitrogen and oxygen atoms in total. The van der Waals surface area contributed by atoms with Crippen LogP contribution in [0.4, 0.5) is 0 Å². The van der Waals surface area contributed by atoms with E-state index >= 15 is 0 Å². The molecule has 0 spiro atoms. The van der Waals surface area contributed by atoms with Gasteiger partial charge in [0.05, 0.1) is 0 Å². The van der Waals surface area contributed by atoms with Gasteiger partial charge in [0.25, 0.3) is 0 Å². The van der Waals surface area contributed by atoms with Crippen molar-refractivity contribution in [2.24, 2.45) is 5.92 Å². The molecule has 1 heterocycles. The Hall–Kier alpha value is -0.0800. The Morgan fingerprint density at radius 2 is 2.07 bits per heavy atom. The summed E-state index contributed by atoms with van der Waals surface area (Å²) in [6.07, 6.45) is 9.75. The van der Waals surface area contributed by atoms with E-state index in [1.54, 1.807) is 0 Å². The van der Waals surface area contributed by atoms with Crippen molar-refractivity contribution in [2.45, 2.75) is 64.0 Å². The number of hydrogen-bond donors (Lipinski definition) is 2. The van der Waals surface area contributed by atoms with Crippen LogP contribution in [0.2, 0.25) is 0 Å². The van der Waals surface area contributed by atoms with Crippen molar-refractivity contribution >= 4 is 0 Å². The van der Waals surface area contributed by atoms with Gasteiger partial charge in [-0.25, -0.2) is 0 Å². The van der Waals surface area contributed by atoms with Crippen LogP contribution in [0.1, 0.15) is 51.9 Å². The lowest BCUT2D eigenvalue weighted by atomic mass is 10.0. The molecule has 2 aliphatic rings. The molecule has 1 aliphatic heterocycles. The zero-order chi connectivity index (χ0) is 10.5. The van der Waals surface area contributed by atoms with Crippen molar-refractivity contribution in [2.75, 3.05) is 13.1 Å². The van der Waals surface area contributed by atoms with Crippen LogP contribution in [0.15, 0.2) is 0 Å². The molecule has 0 radical (unpaired) electrons. The van der Waals surface area contributed by atoms with Crippen LogP contribution in [0, 0.1) is 5.92 Å². The summed E-state index contributed by atoms with van der Waals surface area (Å²) < 4.78 is 0. The quantitative estimate of drug-likeness (QED) is 0.727. The van der Waals surface area contributed by atoms with E-state index in [0.29, 0.717) is 0 Å². The molecule has 0 amide bonds. The monoisotopic (exact) mass is 210 g/mol. The Morgan fingerprint density at radius 1 is 1.20 bits per heavy atom. The van der Waals surface area contributed by atoms with Gasteiger partial charge in [-0.15, -0.1) is 0 Å². The lowest BCUT2D eigenvalue weighted by Gasteiger charge is -2.24. The zero-order valence-electron chi connectivity index (χ0n) is 10.1. The van der Waals surface area contributed by atoms with Crippen LogP contribution < -0.4 is 10.6 Å². The van der Waals surface area contributed by atoms with Crippen LogP contribution in [0.25, 0.3) is 0 Å². The highest BCUT2D eigenvalue weighted by Gasteiger charge is 2.25. The third-order valence-electron chi connectivity index (χ3n) is 3.85. The fourth-order valence-corrected chi connectivity index (χ4v) is 2.63. The summed E-state index contributed by atoms with van der Waals surface area (Å²) in [4.78, 5) is 0. The van der Waals surface area contributed by atoms with E-state index in [4.69, 9.17) is 0 Å². The van der Waals surface area contributed by atoms with E-state index in [9.17, 15) is 0 Å². The second kappa shape index (κ2) is 5.86. The molecule has 2 rings (SSSR count). The van der Waals surface area contributed by atoms with E-state index in [0.717, 1.165) is 18.0 Å². The molecule has 0 bridgehead atoms. The normalized spacial score (nSPS) is 29.8. The standard InChI is InChI=1S/C13H26N2/c1-2-12(10-11-5-6-11)15-13-4-3-8-14-9-7-13/h11-15H,2-10H2,1H3. The van der Waals surface area contributed by atoms with Crippen molar-refractivity contribution in [1.29, 1.82) is 0 Å². The minimum absolute atomic E-state index is 0.781. The van der Waals surface area contributed by atoms with Crippen molar-refractivity contribution in [1.82, 2.24) is 10.6 Å². The van der Waals surface area contributed by atoms with Gasteiger partial charge in [0.2, 0.25) is 0 Å². The minimum atomic E-state index is 0.781. The average molecular weight is 210 g/mol. The van der Waals surface area contributed by atoms with Crippen LogP contribution in [0.3, 0.4) is 0 Å². The molecule has 2 unspecified atom stereocenters. The predicted molar refractivity (Wildman–Crippen MR) is 65.1 cm³/mol. The third kappa shape index (κ3) is 4.12. The highest BCUT2D eigenvalue weighted by Crippen LogP contribution is 2.34. The van der Waals surface area contributed by atoms with Gasteiger partial charge in [0, 0.05) is 12.1 Å². The Balaban J connectivity index is 1.70. The lowest BCUT2D eigenvalue weighted by molar-refractivity contribution is 0.364. The van der Waals surface area contributed by atoms with E-state index in [1.807, 2.05) is 0 Å². The fourth-order valence-electron chi connectivity index (χ4n) is 2.63. The molecule has 2 heteroatoms. The Bertz CT molecular complexity index is 169. The van der Waals surface area contributed by atoms with Gasteiger partial charge in [0.15, 0.2) is 0 Å². The number of rotatable bonds is 5. The van der Waals surface area contributed by atoms with Gasteiger partial charge in [-0.1, -0.05) is 19.8 Å². The maximum Gasteiger partial charge on any atom is 0.00822 e. The van der Waals surface area contributed by atoms with Crippen LogP contribution in [-0.2, 0) is 0 Å². The van der Waals surface area contributed by atoms with E-state index in [2.05, 4.69) is 17.6 Å². The molecule has 1 aliphatic carbocycles. The highest BCUT2D eigenvalue weighted by atomic mass is 15.0. The van der Waals surface area contributed by atoms with Gasteiger partial charge in [-0.3, -0.25) is 0 Å². The average Bonchev–Trinajstić information content (AvgIpc) is 3.04. The maximum atomic E-state index is 3.88. The summed E-state index contributed by atoms with van der Waals surface area (Å²) in [5, 5.41) is 7.36. The first-order valence-corrected chi connectivity index (χ1v) is 6.85. The summed E-state index contributed by atoms with van der Waals surface area (Å²) in [7, 11) is 0. The summed E-state index contributed by atoms with van der Waals surface area (Å²) in [5.74, 6) is 1.06. The zero-order valence-corrected chi connectivity index (χ0v) is 10.1. The summed E-state index contributed by atoms with van der Waals surface area (Å²) in [5.41, 5.74) is 0. The van der Waals surface area contributed by atoms with Gasteiger partial charge in [-0.2, -0.15) is 0 Å². The third-order valence-corrected chi connectivity index (χ3v) is 3.85. The summed E-state index contributed by atoms with van der Waals surface area (Å²) in [6.45, 7) is 4.75. The first-order chi connectivity index (χ1) is 7.38. The van der Waals surface area contributed by atoms with Gasteiger partial charge in [-0.05, 0) is 51.1 Å². The molecule has 88 valence electrons. The number of hydrogen-bond acceptors (Lipinski definition) is 2. The number of nitrogens with one attached hydrogen (secondary N) is 2. The topological polar surface area (TPSA) is 24.1 Å². The van der Waals surface area contributed by atoms with E-state index in [1.165, 1.54) is 58.0 Å². The molecule has 2 atom stereocenters. The smallest absolute Gasteiger partial charge is 0.00822 e. The van der Waals surface area contributed by atoms with Crippen LogP contribution in [0.5, 0.6) is 0 Å². The molecule has 0 aromatic carbocycles. The van der Waals surface area contributed by atoms with Gasteiger partial charge in [0.1, 0.15) is 0 Å². The summed E-state index contributed by atoms with van der Waals surface area (Å²) in [6, 6.07) is 1.57. The molecular weight excluding hydrogens is 184 g/mol. The van der Waals surface area contributed by atoms with Gasteiger partial charge >= 0.3 is 0 Å². The maximum absolute atomic E-state index is 3.88. The van der Waals surface area contributed by atoms with E-state index in [-0.39, 0.29) is 0 Å². The molecule has 2 N–H and O–H groups in total. The molecule has 1 saturated heterocycles. The van der Waals surface area contributed by atoms with Gasteiger partial charge < -0.3 is 10.6 Å². The molecular formula is C13H26N2. The van der Waals surface area contributed by atoms with Crippen molar-refractivity contribution in [3.05, 3.63) is 0 Å². The first kappa shape index (κ1) is 11.4.